The Morgan fingerprint density at radius 2 is 1.78 bits per heavy atom. The lowest BCUT2D eigenvalue weighted by Gasteiger charge is -2.34. The van der Waals surface area contributed by atoms with Gasteiger partial charge in [0, 0.05) is 19.2 Å². The van der Waals surface area contributed by atoms with Crippen LogP contribution in [0, 0.1) is 5.92 Å². The lowest BCUT2D eigenvalue weighted by Crippen LogP contribution is -2.49. The van der Waals surface area contributed by atoms with E-state index in [9.17, 15) is 14.7 Å². The molecule has 1 aliphatic heterocycles. The van der Waals surface area contributed by atoms with Crippen molar-refractivity contribution in [1.29, 1.82) is 0 Å². The van der Waals surface area contributed by atoms with Crippen molar-refractivity contribution in [2.24, 2.45) is 5.92 Å². The number of carbonyl (C=O) groups excluding carboxylic acids is 1. The first kappa shape index (κ1) is 30.1. The standard InChI is InChI=1S/C25H33ClN4O6.ClH/c1-34-18-3-5-19(6-4-18)36-15-17(29-25(32)33)14-30-9-7-16(8-10-30)13-28-24(31)20-11-21(26)22(27)12-23(20)35-2;/h3-6,11-12,16-17,29H,7-10,13-15,27H2,1-2H3,(H,28,31)(H,32,33);1H. The summed E-state index contributed by atoms with van der Waals surface area (Å²) in [7, 11) is 3.07. The van der Waals surface area contributed by atoms with Crippen LogP contribution in [0.5, 0.6) is 17.2 Å². The first-order chi connectivity index (χ1) is 17.3. The van der Waals surface area contributed by atoms with Gasteiger partial charge in [-0.15, -0.1) is 12.4 Å². The molecular weight excluding hydrogens is 523 g/mol. The van der Waals surface area contributed by atoms with Crippen LogP contribution < -0.4 is 30.6 Å². The number of carbonyl (C=O) groups is 2. The number of hydrogen-bond acceptors (Lipinski definition) is 7. The number of likely N-dealkylation sites (tertiary alicyclic amines) is 1. The molecule has 37 heavy (non-hydrogen) atoms. The van der Waals surface area contributed by atoms with Gasteiger partial charge in [0.2, 0.25) is 0 Å². The number of nitrogens with two attached hydrogens (primary N) is 1. The SMILES string of the molecule is COc1ccc(OCC(CN2CCC(CNC(=O)c3cc(Cl)c(N)cc3OC)CC2)NC(=O)O)cc1.Cl. The summed E-state index contributed by atoms with van der Waals surface area (Å²) in [5.74, 6) is 1.77. The number of nitrogens with zero attached hydrogens (tertiary/aromatic N) is 1. The largest absolute Gasteiger partial charge is 0.497 e. The van der Waals surface area contributed by atoms with E-state index in [1.807, 2.05) is 0 Å². The third kappa shape index (κ3) is 9.07. The van der Waals surface area contributed by atoms with Gasteiger partial charge in [0.15, 0.2) is 0 Å². The second-order valence-electron chi connectivity index (χ2n) is 8.66. The molecule has 2 aromatic rings. The van der Waals surface area contributed by atoms with E-state index >= 15 is 0 Å². The highest BCUT2D eigenvalue weighted by Crippen LogP contribution is 2.29. The van der Waals surface area contributed by atoms with Crippen LogP contribution in [0.4, 0.5) is 10.5 Å². The zero-order chi connectivity index (χ0) is 26.1. The second-order valence-corrected chi connectivity index (χ2v) is 9.07. The van der Waals surface area contributed by atoms with Crippen LogP contribution >= 0.6 is 24.0 Å². The molecule has 1 heterocycles. The molecule has 5 N–H and O–H groups in total. The van der Waals surface area contributed by atoms with E-state index in [-0.39, 0.29) is 31.0 Å². The number of piperidine rings is 1. The normalized spacial score (nSPS) is 14.7. The molecule has 0 saturated carbocycles. The van der Waals surface area contributed by atoms with Crippen LogP contribution in [-0.4, -0.2) is 75.1 Å². The summed E-state index contributed by atoms with van der Waals surface area (Å²) in [5.41, 5.74) is 6.48. The predicted molar refractivity (Wildman–Crippen MR) is 145 cm³/mol. The van der Waals surface area contributed by atoms with E-state index in [1.54, 1.807) is 31.4 Å². The van der Waals surface area contributed by atoms with Crippen molar-refractivity contribution in [3.05, 3.63) is 47.0 Å². The average Bonchev–Trinajstić information content (AvgIpc) is 2.88. The molecule has 3 rings (SSSR count). The Hall–Kier alpha value is -3.08. The Morgan fingerprint density at radius 1 is 1.14 bits per heavy atom. The van der Waals surface area contributed by atoms with Crippen molar-refractivity contribution in [2.45, 2.75) is 18.9 Å². The Labute approximate surface area is 227 Å². The molecule has 0 spiro atoms. The molecule has 0 bridgehead atoms. The molecule has 0 radical (unpaired) electrons. The van der Waals surface area contributed by atoms with Crippen molar-refractivity contribution < 1.29 is 28.9 Å². The maximum absolute atomic E-state index is 12.7. The number of carboxylic acid groups (broad SMARTS) is 1. The van der Waals surface area contributed by atoms with Gasteiger partial charge in [0.05, 0.1) is 36.5 Å². The van der Waals surface area contributed by atoms with Crippen LogP contribution in [0.3, 0.4) is 0 Å². The highest BCUT2D eigenvalue weighted by atomic mass is 35.5. The summed E-state index contributed by atoms with van der Waals surface area (Å²) >= 11 is 6.07. The molecule has 0 aliphatic carbocycles. The summed E-state index contributed by atoms with van der Waals surface area (Å²) in [6, 6.07) is 9.80. The minimum absolute atomic E-state index is 0. The molecule has 0 aromatic heterocycles. The fourth-order valence-corrected chi connectivity index (χ4v) is 4.28. The second kappa shape index (κ2) is 14.6. The van der Waals surface area contributed by atoms with Crippen LogP contribution in [0.15, 0.2) is 36.4 Å². The number of amides is 2. The number of ether oxygens (including phenoxy) is 3. The summed E-state index contributed by atoms with van der Waals surface area (Å²) in [6.07, 6.45) is 0.659. The summed E-state index contributed by atoms with van der Waals surface area (Å²) in [6.45, 7) is 2.84. The molecular formula is C25H34Cl2N4O6. The van der Waals surface area contributed by atoms with Gasteiger partial charge in [0.1, 0.15) is 23.9 Å². The van der Waals surface area contributed by atoms with E-state index in [4.69, 9.17) is 31.5 Å². The van der Waals surface area contributed by atoms with E-state index in [0.717, 1.165) is 31.7 Å². The number of hydrogen-bond donors (Lipinski definition) is 4. The van der Waals surface area contributed by atoms with Crippen LogP contribution in [-0.2, 0) is 0 Å². The number of halogens is 2. The monoisotopic (exact) mass is 556 g/mol. The zero-order valence-corrected chi connectivity index (χ0v) is 22.4. The molecule has 204 valence electrons. The van der Waals surface area contributed by atoms with Gasteiger partial charge in [-0.25, -0.2) is 4.79 Å². The maximum Gasteiger partial charge on any atom is 0.405 e. The minimum atomic E-state index is -1.09. The Bertz CT molecular complexity index is 1030. The first-order valence-corrected chi connectivity index (χ1v) is 12.1. The van der Waals surface area contributed by atoms with Crippen molar-refractivity contribution >= 4 is 41.7 Å². The van der Waals surface area contributed by atoms with Gasteiger partial charge in [-0.05, 0) is 62.2 Å². The quantitative estimate of drug-likeness (QED) is 0.309. The highest BCUT2D eigenvalue weighted by Gasteiger charge is 2.24. The van der Waals surface area contributed by atoms with Crippen LogP contribution in [0.1, 0.15) is 23.2 Å². The highest BCUT2D eigenvalue weighted by molar-refractivity contribution is 6.33. The Morgan fingerprint density at radius 3 is 2.38 bits per heavy atom. The summed E-state index contributed by atoms with van der Waals surface area (Å²) < 4.78 is 16.2. The van der Waals surface area contributed by atoms with E-state index in [0.29, 0.717) is 46.8 Å². The van der Waals surface area contributed by atoms with E-state index in [2.05, 4.69) is 15.5 Å². The maximum atomic E-state index is 12.7. The first-order valence-electron chi connectivity index (χ1n) is 11.7. The zero-order valence-electron chi connectivity index (χ0n) is 20.9. The van der Waals surface area contributed by atoms with Crippen molar-refractivity contribution in [3.8, 4) is 17.2 Å². The van der Waals surface area contributed by atoms with E-state index < -0.39 is 6.09 Å². The number of nitrogen functional groups attached to an aromatic ring is 1. The molecule has 12 heteroatoms. The number of methoxy groups -OCH3 is 2. The fourth-order valence-electron chi connectivity index (χ4n) is 4.12. The molecule has 2 amide bonds. The van der Waals surface area contributed by atoms with Crippen molar-refractivity contribution in [2.75, 3.05) is 52.7 Å². The summed E-state index contributed by atoms with van der Waals surface area (Å²) in [5, 5.41) is 15.0. The van der Waals surface area contributed by atoms with Gasteiger partial charge >= 0.3 is 6.09 Å². The van der Waals surface area contributed by atoms with Gasteiger partial charge in [0.25, 0.3) is 5.91 Å². The molecule has 1 saturated heterocycles. The molecule has 1 unspecified atom stereocenters. The molecule has 1 atom stereocenters. The van der Waals surface area contributed by atoms with Gasteiger partial charge < -0.3 is 40.6 Å². The Balaban J connectivity index is 0.00000481. The number of anilines is 1. The molecule has 1 aliphatic rings. The summed E-state index contributed by atoms with van der Waals surface area (Å²) in [4.78, 5) is 26.2. The van der Waals surface area contributed by atoms with Gasteiger partial charge in [-0.1, -0.05) is 11.6 Å². The predicted octanol–water partition coefficient (Wildman–Crippen LogP) is 3.52. The Kier molecular flexibility index (Phi) is 11.9. The smallest absolute Gasteiger partial charge is 0.405 e. The topological polar surface area (TPSA) is 135 Å². The third-order valence-corrected chi connectivity index (χ3v) is 6.47. The number of rotatable bonds is 11. The van der Waals surface area contributed by atoms with Crippen LogP contribution in [0.25, 0.3) is 0 Å². The minimum Gasteiger partial charge on any atom is -0.497 e. The average molecular weight is 557 g/mol. The van der Waals surface area contributed by atoms with E-state index in [1.165, 1.54) is 19.2 Å². The number of nitrogens with one attached hydrogen (secondary N) is 2. The third-order valence-electron chi connectivity index (χ3n) is 6.14. The van der Waals surface area contributed by atoms with Crippen molar-refractivity contribution in [3.63, 3.8) is 0 Å². The fraction of sp³-hybridized carbons (Fsp3) is 0.440. The molecule has 10 nitrogen and oxygen atoms in total. The molecule has 1 fully saturated rings. The lowest BCUT2D eigenvalue weighted by atomic mass is 9.96. The number of benzene rings is 2. The van der Waals surface area contributed by atoms with Crippen LogP contribution in [0.2, 0.25) is 5.02 Å². The lowest BCUT2D eigenvalue weighted by molar-refractivity contribution is 0.0929. The van der Waals surface area contributed by atoms with Gasteiger partial charge in [-0.2, -0.15) is 0 Å². The molecule has 2 aromatic carbocycles. The van der Waals surface area contributed by atoms with Crippen molar-refractivity contribution in [1.82, 2.24) is 15.5 Å². The van der Waals surface area contributed by atoms with Gasteiger partial charge in [-0.3, -0.25) is 4.79 Å².